The van der Waals surface area contributed by atoms with Crippen molar-refractivity contribution in [3.8, 4) is 0 Å². The van der Waals surface area contributed by atoms with Gasteiger partial charge in [0.1, 0.15) is 10.7 Å². The molecule has 0 unspecified atom stereocenters. The lowest BCUT2D eigenvalue weighted by molar-refractivity contribution is 1.07. The Balaban J connectivity index is 2.05. The van der Waals surface area contributed by atoms with E-state index in [1.807, 2.05) is 7.05 Å². The van der Waals surface area contributed by atoms with Gasteiger partial charge in [0.25, 0.3) is 0 Å². The molecule has 2 rings (SSSR count). The first-order valence-corrected chi connectivity index (χ1v) is 6.74. The molecule has 1 N–H and O–H groups in total. The number of thioether (sulfide) groups is 1. The molecule has 0 aliphatic heterocycles. The number of nitrogens with one attached hydrogen (secondary N) is 1. The summed E-state index contributed by atoms with van der Waals surface area (Å²) in [7, 11) is 1.90. The van der Waals surface area contributed by atoms with Crippen LogP contribution < -0.4 is 5.32 Å². The summed E-state index contributed by atoms with van der Waals surface area (Å²) in [5, 5.41) is 8.28. The summed E-state index contributed by atoms with van der Waals surface area (Å²) < 4.78 is 3.94. The highest BCUT2D eigenvalue weighted by Crippen LogP contribution is 2.28. The summed E-state index contributed by atoms with van der Waals surface area (Å²) in [4.78, 5) is 1.30. The van der Waals surface area contributed by atoms with Crippen LogP contribution in [0, 0.1) is 6.92 Å². The van der Waals surface area contributed by atoms with Crippen LogP contribution in [0.3, 0.4) is 0 Å². The van der Waals surface area contributed by atoms with E-state index in [1.54, 1.807) is 11.8 Å². The fraction of sp³-hybridized carbons (Fsp3) is 0.273. The van der Waals surface area contributed by atoms with E-state index in [4.69, 9.17) is 0 Å². The van der Waals surface area contributed by atoms with Crippen LogP contribution in [0.4, 0.5) is 5.00 Å². The Morgan fingerprint density at radius 1 is 1.38 bits per heavy atom. The normalized spacial score (nSPS) is 10.4. The fourth-order valence-corrected chi connectivity index (χ4v) is 2.94. The van der Waals surface area contributed by atoms with E-state index in [0.717, 1.165) is 16.4 Å². The molecular formula is C11H13N3S2. The quantitative estimate of drug-likeness (QED) is 0.847. The number of hydrogen-bond acceptors (Lipinski definition) is 5. The average Bonchev–Trinajstić information content (AvgIpc) is 2.75. The molecule has 0 fully saturated rings. The van der Waals surface area contributed by atoms with E-state index in [-0.39, 0.29) is 0 Å². The van der Waals surface area contributed by atoms with Gasteiger partial charge in [-0.25, -0.2) is 0 Å². The van der Waals surface area contributed by atoms with Crippen molar-refractivity contribution < 1.29 is 0 Å². The van der Waals surface area contributed by atoms with Crippen molar-refractivity contribution in [3.63, 3.8) is 0 Å². The fourth-order valence-electron chi connectivity index (χ4n) is 1.36. The van der Waals surface area contributed by atoms with Crippen LogP contribution in [0.2, 0.25) is 0 Å². The van der Waals surface area contributed by atoms with Crippen LogP contribution in [-0.2, 0) is 5.75 Å². The first-order valence-electron chi connectivity index (χ1n) is 4.98. The predicted octanol–water partition coefficient (Wildman–Crippen LogP) is 3.18. The second-order valence-electron chi connectivity index (χ2n) is 3.35. The average molecular weight is 251 g/mol. The maximum absolute atomic E-state index is 4.12. The molecule has 0 spiro atoms. The SMILES string of the molecule is CNc1snnc1CSc1ccccc1C. The third-order valence-electron chi connectivity index (χ3n) is 2.24. The Hall–Kier alpha value is -1.07. The number of rotatable bonds is 4. The lowest BCUT2D eigenvalue weighted by Crippen LogP contribution is -1.91. The Bertz CT molecular complexity index is 468. The van der Waals surface area contributed by atoms with Crippen LogP contribution in [-0.4, -0.2) is 16.6 Å². The van der Waals surface area contributed by atoms with E-state index in [1.165, 1.54) is 22.0 Å². The van der Waals surface area contributed by atoms with Crippen molar-refractivity contribution in [2.24, 2.45) is 0 Å². The van der Waals surface area contributed by atoms with Crippen molar-refractivity contribution in [3.05, 3.63) is 35.5 Å². The van der Waals surface area contributed by atoms with E-state index in [2.05, 4.69) is 46.1 Å². The van der Waals surface area contributed by atoms with Gasteiger partial charge in [-0.05, 0) is 18.6 Å². The van der Waals surface area contributed by atoms with Crippen molar-refractivity contribution >= 4 is 28.3 Å². The van der Waals surface area contributed by atoms with Gasteiger partial charge in [0, 0.05) is 29.2 Å². The van der Waals surface area contributed by atoms with Gasteiger partial charge in [-0.15, -0.1) is 16.9 Å². The molecule has 1 heterocycles. The topological polar surface area (TPSA) is 37.8 Å². The maximum Gasteiger partial charge on any atom is 0.133 e. The third-order valence-corrected chi connectivity index (χ3v) is 4.21. The minimum atomic E-state index is 0.859. The Morgan fingerprint density at radius 3 is 2.94 bits per heavy atom. The summed E-state index contributed by atoms with van der Waals surface area (Å²) in [5.41, 5.74) is 2.34. The van der Waals surface area contributed by atoms with Gasteiger partial charge in [-0.2, -0.15) is 0 Å². The van der Waals surface area contributed by atoms with Gasteiger partial charge >= 0.3 is 0 Å². The lowest BCUT2D eigenvalue weighted by Gasteiger charge is -2.04. The number of benzene rings is 1. The standard InChI is InChI=1S/C11H13N3S2/c1-8-5-3-4-6-10(8)15-7-9-11(12-2)16-14-13-9/h3-6,12H,7H2,1-2H3. The molecule has 1 aromatic heterocycles. The van der Waals surface area contributed by atoms with Crippen LogP contribution >= 0.6 is 23.3 Å². The number of aryl methyl sites for hydroxylation is 1. The Morgan fingerprint density at radius 2 is 2.19 bits per heavy atom. The molecule has 1 aromatic carbocycles. The van der Waals surface area contributed by atoms with Crippen LogP contribution in [0.25, 0.3) is 0 Å². The van der Waals surface area contributed by atoms with Crippen LogP contribution in [0.5, 0.6) is 0 Å². The molecule has 0 amide bonds. The van der Waals surface area contributed by atoms with Gasteiger partial charge in [0.2, 0.25) is 0 Å². The molecule has 0 radical (unpaired) electrons. The monoisotopic (exact) mass is 251 g/mol. The molecule has 0 saturated heterocycles. The second kappa shape index (κ2) is 5.32. The minimum absolute atomic E-state index is 0.859. The molecule has 0 saturated carbocycles. The van der Waals surface area contributed by atoms with Gasteiger partial charge in [0.15, 0.2) is 0 Å². The molecular weight excluding hydrogens is 238 g/mol. The van der Waals surface area contributed by atoms with Gasteiger partial charge < -0.3 is 5.32 Å². The number of hydrogen-bond donors (Lipinski definition) is 1. The number of nitrogens with zero attached hydrogens (tertiary/aromatic N) is 2. The highest BCUT2D eigenvalue weighted by molar-refractivity contribution is 7.98. The smallest absolute Gasteiger partial charge is 0.133 e. The first-order chi connectivity index (χ1) is 7.81. The summed E-state index contributed by atoms with van der Waals surface area (Å²) in [6.07, 6.45) is 0. The Kier molecular flexibility index (Phi) is 3.79. The molecule has 16 heavy (non-hydrogen) atoms. The summed E-state index contributed by atoms with van der Waals surface area (Å²) in [5.74, 6) is 0.859. The molecule has 0 bridgehead atoms. The van der Waals surface area contributed by atoms with Crippen molar-refractivity contribution in [2.45, 2.75) is 17.6 Å². The first kappa shape index (κ1) is 11.4. The van der Waals surface area contributed by atoms with Crippen molar-refractivity contribution in [1.82, 2.24) is 9.59 Å². The Labute approximate surface area is 103 Å². The molecule has 0 aliphatic rings. The lowest BCUT2D eigenvalue weighted by atomic mass is 10.2. The minimum Gasteiger partial charge on any atom is -0.377 e. The van der Waals surface area contributed by atoms with E-state index in [0.29, 0.717) is 0 Å². The summed E-state index contributed by atoms with van der Waals surface area (Å²) >= 11 is 3.20. The van der Waals surface area contributed by atoms with Crippen molar-refractivity contribution in [2.75, 3.05) is 12.4 Å². The molecule has 2 aromatic rings. The summed E-state index contributed by atoms with van der Waals surface area (Å²) in [6.45, 7) is 2.13. The van der Waals surface area contributed by atoms with Gasteiger partial charge in [0.05, 0.1) is 0 Å². The highest BCUT2D eigenvalue weighted by atomic mass is 32.2. The zero-order valence-corrected chi connectivity index (χ0v) is 10.9. The highest BCUT2D eigenvalue weighted by Gasteiger charge is 2.07. The second-order valence-corrected chi connectivity index (χ2v) is 5.12. The number of anilines is 1. The zero-order chi connectivity index (χ0) is 11.4. The number of aromatic nitrogens is 2. The maximum atomic E-state index is 4.12. The predicted molar refractivity (Wildman–Crippen MR) is 70.2 cm³/mol. The molecule has 84 valence electrons. The molecule has 0 atom stereocenters. The largest absolute Gasteiger partial charge is 0.377 e. The van der Waals surface area contributed by atoms with E-state index >= 15 is 0 Å². The van der Waals surface area contributed by atoms with Gasteiger partial charge in [-0.1, -0.05) is 22.7 Å². The van der Waals surface area contributed by atoms with Crippen LogP contribution in [0.15, 0.2) is 29.2 Å². The van der Waals surface area contributed by atoms with E-state index < -0.39 is 0 Å². The molecule has 0 aliphatic carbocycles. The third kappa shape index (κ3) is 2.54. The van der Waals surface area contributed by atoms with Crippen LogP contribution in [0.1, 0.15) is 11.3 Å². The summed E-state index contributed by atoms with van der Waals surface area (Å²) in [6, 6.07) is 8.38. The van der Waals surface area contributed by atoms with E-state index in [9.17, 15) is 0 Å². The molecule has 5 heteroatoms. The van der Waals surface area contributed by atoms with Crippen molar-refractivity contribution in [1.29, 1.82) is 0 Å². The molecule has 3 nitrogen and oxygen atoms in total. The zero-order valence-electron chi connectivity index (χ0n) is 9.23. The van der Waals surface area contributed by atoms with Gasteiger partial charge in [-0.3, -0.25) is 0 Å².